The summed E-state index contributed by atoms with van der Waals surface area (Å²) in [6.07, 6.45) is -2.05. The summed E-state index contributed by atoms with van der Waals surface area (Å²) in [6.45, 7) is 1.86. The first kappa shape index (κ1) is 16.7. The smallest absolute Gasteiger partial charge is 0.496 e. The summed E-state index contributed by atoms with van der Waals surface area (Å²) < 4.78 is 52.8. The van der Waals surface area contributed by atoms with Crippen LogP contribution >= 0.6 is 0 Å². The number of aromatic amines is 1. The number of nitrogens with zero attached hydrogens (tertiary/aromatic N) is 2. The van der Waals surface area contributed by atoms with Gasteiger partial charge < -0.3 is 19.2 Å². The minimum Gasteiger partial charge on any atom is -0.496 e. The molecule has 1 aromatic carbocycles. The van der Waals surface area contributed by atoms with Gasteiger partial charge in [0.05, 0.1) is 40.4 Å². The van der Waals surface area contributed by atoms with Gasteiger partial charge in [-0.05, 0) is 6.92 Å². The molecule has 1 atom stereocenters. The number of benzene rings is 1. The van der Waals surface area contributed by atoms with E-state index in [9.17, 15) is 13.0 Å². The van der Waals surface area contributed by atoms with Gasteiger partial charge in [-0.3, -0.25) is 9.19 Å². The number of rotatable bonds is 4. The van der Waals surface area contributed by atoms with Gasteiger partial charge in [-0.1, -0.05) is 0 Å². The molecular formula is C16H13F2N3O4S. The van der Waals surface area contributed by atoms with Crippen LogP contribution in [0.5, 0.6) is 17.2 Å². The van der Waals surface area contributed by atoms with Crippen LogP contribution in [0.1, 0.15) is 11.3 Å². The van der Waals surface area contributed by atoms with Gasteiger partial charge >= 0.3 is 6.29 Å². The van der Waals surface area contributed by atoms with Crippen molar-refractivity contribution in [3.8, 4) is 17.2 Å². The normalized spacial score (nSPS) is 16.0. The average molecular weight is 381 g/mol. The van der Waals surface area contributed by atoms with Crippen LogP contribution in [0.4, 0.5) is 8.78 Å². The second kappa shape index (κ2) is 5.90. The second-order valence-corrected chi connectivity index (χ2v) is 7.03. The molecule has 1 unspecified atom stereocenters. The molecule has 0 amide bonds. The van der Waals surface area contributed by atoms with Gasteiger partial charge in [-0.2, -0.15) is 0 Å². The van der Waals surface area contributed by atoms with Crippen molar-refractivity contribution in [3.05, 3.63) is 35.7 Å². The summed E-state index contributed by atoms with van der Waals surface area (Å²) in [5.74, 6) is 0.564. The Morgan fingerprint density at radius 2 is 2.00 bits per heavy atom. The maximum Gasteiger partial charge on any atom is 0.586 e. The minimum atomic E-state index is -3.69. The third kappa shape index (κ3) is 2.96. The molecule has 3 heterocycles. The van der Waals surface area contributed by atoms with E-state index in [1.807, 2.05) is 6.92 Å². The van der Waals surface area contributed by atoms with Crippen molar-refractivity contribution in [1.82, 2.24) is 15.0 Å². The molecule has 1 aliphatic heterocycles. The first-order valence-electron chi connectivity index (χ1n) is 7.52. The number of hydrogen-bond acceptors (Lipinski definition) is 6. The SMILES string of the molecule is COc1cc(CS(=O)c2nc3cc4c(cc3[nH]2)OC(F)(F)O4)ncc1C. The van der Waals surface area contributed by atoms with Crippen molar-refractivity contribution in [1.29, 1.82) is 0 Å². The highest BCUT2D eigenvalue weighted by Crippen LogP contribution is 2.42. The van der Waals surface area contributed by atoms with E-state index < -0.39 is 17.1 Å². The molecule has 4 rings (SSSR count). The van der Waals surface area contributed by atoms with E-state index in [0.29, 0.717) is 22.5 Å². The van der Waals surface area contributed by atoms with Gasteiger partial charge in [0.15, 0.2) is 16.7 Å². The number of fused-ring (bicyclic) bond motifs is 2. The molecule has 1 aliphatic rings. The van der Waals surface area contributed by atoms with Crippen LogP contribution < -0.4 is 14.2 Å². The van der Waals surface area contributed by atoms with Crippen LogP contribution in [0.2, 0.25) is 0 Å². The number of aryl methyl sites for hydroxylation is 1. The number of aromatic nitrogens is 3. The quantitative estimate of drug-likeness (QED) is 0.748. The Morgan fingerprint density at radius 1 is 1.27 bits per heavy atom. The van der Waals surface area contributed by atoms with Crippen molar-refractivity contribution in [2.24, 2.45) is 0 Å². The van der Waals surface area contributed by atoms with Crippen LogP contribution in [-0.4, -0.2) is 32.6 Å². The fourth-order valence-corrected chi connectivity index (χ4v) is 3.57. The van der Waals surface area contributed by atoms with E-state index in [0.717, 1.165) is 5.56 Å². The maximum atomic E-state index is 13.1. The monoisotopic (exact) mass is 381 g/mol. The number of ether oxygens (including phenoxy) is 3. The highest BCUT2D eigenvalue weighted by atomic mass is 32.2. The first-order valence-corrected chi connectivity index (χ1v) is 8.84. The van der Waals surface area contributed by atoms with E-state index in [1.54, 1.807) is 19.4 Å². The summed E-state index contributed by atoms with van der Waals surface area (Å²) in [4.78, 5) is 11.3. The van der Waals surface area contributed by atoms with Gasteiger partial charge in [0.25, 0.3) is 0 Å². The third-order valence-electron chi connectivity index (χ3n) is 3.81. The van der Waals surface area contributed by atoms with Crippen LogP contribution in [0.15, 0.2) is 29.6 Å². The number of nitrogens with one attached hydrogen (secondary N) is 1. The minimum absolute atomic E-state index is 0.103. The van der Waals surface area contributed by atoms with E-state index in [1.165, 1.54) is 12.1 Å². The predicted octanol–water partition coefficient (Wildman–Crippen LogP) is 2.90. The molecule has 0 saturated heterocycles. The summed E-state index contributed by atoms with van der Waals surface area (Å²) >= 11 is 0. The molecule has 10 heteroatoms. The molecule has 0 aliphatic carbocycles. The van der Waals surface area contributed by atoms with Crippen LogP contribution in [0, 0.1) is 6.92 Å². The van der Waals surface area contributed by atoms with Crippen LogP contribution in [0.3, 0.4) is 0 Å². The number of alkyl halides is 2. The second-order valence-electron chi connectivity index (χ2n) is 5.66. The summed E-state index contributed by atoms with van der Waals surface area (Å²) in [7, 11) is 0.0399. The Bertz CT molecular complexity index is 993. The highest BCUT2D eigenvalue weighted by Gasteiger charge is 2.43. The zero-order chi connectivity index (χ0) is 18.5. The van der Waals surface area contributed by atoms with E-state index in [4.69, 9.17) is 4.74 Å². The van der Waals surface area contributed by atoms with E-state index in [-0.39, 0.29) is 22.4 Å². The molecule has 3 aromatic rings. The largest absolute Gasteiger partial charge is 0.586 e. The lowest BCUT2D eigenvalue weighted by molar-refractivity contribution is -0.286. The average Bonchev–Trinajstić information content (AvgIpc) is 3.11. The number of imidazole rings is 1. The molecule has 0 saturated carbocycles. The van der Waals surface area contributed by atoms with Crippen molar-refractivity contribution in [3.63, 3.8) is 0 Å². The molecule has 26 heavy (non-hydrogen) atoms. The Hall–Kier alpha value is -2.75. The standard InChI is InChI=1S/C16H13F2N3O4S/c1-8-6-19-9(3-12(8)23-2)7-26(22)15-20-10-4-13-14(5-11(10)21-15)25-16(17,18)24-13/h3-6H,7H2,1-2H3,(H,20,21). The van der Waals surface area contributed by atoms with E-state index >= 15 is 0 Å². The Morgan fingerprint density at radius 3 is 2.73 bits per heavy atom. The molecule has 0 bridgehead atoms. The Labute approximate surface area is 148 Å². The number of methoxy groups -OCH3 is 1. The summed E-state index contributed by atoms with van der Waals surface area (Å²) in [5.41, 5.74) is 2.22. The molecule has 7 nitrogen and oxygen atoms in total. The maximum absolute atomic E-state index is 13.1. The number of pyridine rings is 1. The highest BCUT2D eigenvalue weighted by molar-refractivity contribution is 7.84. The van der Waals surface area contributed by atoms with Crippen molar-refractivity contribution in [2.45, 2.75) is 24.1 Å². The van der Waals surface area contributed by atoms with Crippen LogP contribution in [-0.2, 0) is 16.6 Å². The number of halogens is 2. The summed E-state index contributed by atoms with van der Waals surface area (Å²) in [5, 5.41) is 0.205. The van der Waals surface area contributed by atoms with Crippen molar-refractivity contribution in [2.75, 3.05) is 7.11 Å². The molecule has 0 radical (unpaired) electrons. The van der Waals surface area contributed by atoms with Crippen molar-refractivity contribution < 1.29 is 27.2 Å². The lowest BCUT2D eigenvalue weighted by Gasteiger charge is -2.06. The Balaban J connectivity index is 1.60. The van der Waals surface area contributed by atoms with Crippen molar-refractivity contribution >= 4 is 21.8 Å². The molecule has 1 N–H and O–H groups in total. The number of H-pyrrole nitrogens is 1. The van der Waals surface area contributed by atoms with Gasteiger partial charge in [0, 0.05) is 30.0 Å². The number of hydrogen-bond donors (Lipinski definition) is 1. The zero-order valence-corrected chi connectivity index (χ0v) is 14.5. The summed E-state index contributed by atoms with van der Waals surface area (Å²) in [6, 6.07) is 4.37. The van der Waals surface area contributed by atoms with Gasteiger partial charge in [0.2, 0.25) is 0 Å². The predicted molar refractivity (Wildman–Crippen MR) is 87.9 cm³/mol. The van der Waals surface area contributed by atoms with Gasteiger partial charge in [-0.15, -0.1) is 8.78 Å². The van der Waals surface area contributed by atoms with Gasteiger partial charge in [-0.25, -0.2) is 4.98 Å². The van der Waals surface area contributed by atoms with Crippen LogP contribution in [0.25, 0.3) is 11.0 Å². The Kier molecular flexibility index (Phi) is 3.79. The zero-order valence-electron chi connectivity index (χ0n) is 13.7. The fraction of sp³-hybridized carbons (Fsp3) is 0.250. The lowest BCUT2D eigenvalue weighted by atomic mass is 10.2. The fourth-order valence-electron chi connectivity index (χ4n) is 2.59. The van der Waals surface area contributed by atoms with E-state index in [2.05, 4.69) is 24.4 Å². The first-order chi connectivity index (χ1) is 12.3. The van der Waals surface area contributed by atoms with Gasteiger partial charge in [0.1, 0.15) is 5.75 Å². The molecule has 2 aromatic heterocycles. The molecule has 0 spiro atoms. The topological polar surface area (TPSA) is 86.3 Å². The lowest BCUT2D eigenvalue weighted by Crippen LogP contribution is -2.25. The third-order valence-corrected chi connectivity index (χ3v) is 4.99. The molecule has 136 valence electrons. The molecule has 0 fully saturated rings. The molecular weight excluding hydrogens is 368 g/mol.